The van der Waals surface area contributed by atoms with E-state index < -0.39 is 0 Å². The Morgan fingerprint density at radius 3 is 2.60 bits per heavy atom. The van der Waals surface area contributed by atoms with Gasteiger partial charge in [-0.3, -0.25) is 0 Å². The van der Waals surface area contributed by atoms with Crippen molar-refractivity contribution in [3.8, 4) is 11.5 Å². The predicted molar refractivity (Wildman–Crippen MR) is 96.6 cm³/mol. The third-order valence-corrected chi connectivity index (χ3v) is 4.67. The molecule has 0 saturated heterocycles. The number of ether oxygens (including phenoxy) is 2. The van der Waals surface area contributed by atoms with Crippen molar-refractivity contribution in [2.24, 2.45) is 0 Å². The van der Waals surface area contributed by atoms with Gasteiger partial charge in [-0.05, 0) is 43.2 Å². The molecule has 0 fully saturated rings. The number of amides is 2. The van der Waals surface area contributed by atoms with Crippen molar-refractivity contribution in [1.82, 2.24) is 5.32 Å². The summed E-state index contributed by atoms with van der Waals surface area (Å²) in [6.07, 6.45) is 1.76. The average Bonchev–Trinajstić information content (AvgIpc) is 3.18. The zero-order valence-corrected chi connectivity index (χ0v) is 14.6. The molecular formula is C20H22N2O3. The summed E-state index contributed by atoms with van der Waals surface area (Å²) in [4.78, 5) is 12.3. The number of hydrogen-bond donors (Lipinski definition) is 2. The Morgan fingerprint density at radius 2 is 1.80 bits per heavy atom. The number of urea groups is 1. The molecule has 0 aliphatic carbocycles. The lowest BCUT2D eigenvalue weighted by Gasteiger charge is -2.14. The molecule has 0 bridgehead atoms. The molecule has 0 aromatic heterocycles. The van der Waals surface area contributed by atoms with Crippen molar-refractivity contribution in [2.45, 2.75) is 33.2 Å². The van der Waals surface area contributed by atoms with E-state index >= 15 is 0 Å². The third-order valence-electron chi connectivity index (χ3n) is 4.67. The molecule has 2 aliphatic rings. The first-order valence-electron chi connectivity index (χ1n) is 8.66. The Morgan fingerprint density at radius 1 is 1.04 bits per heavy atom. The van der Waals surface area contributed by atoms with Crippen LogP contribution in [-0.4, -0.2) is 19.2 Å². The van der Waals surface area contributed by atoms with E-state index in [1.54, 1.807) is 0 Å². The van der Waals surface area contributed by atoms with Crippen molar-refractivity contribution < 1.29 is 14.3 Å². The van der Waals surface area contributed by atoms with E-state index in [1.807, 2.05) is 26.0 Å². The van der Waals surface area contributed by atoms with Gasteiger partial charge >= 0.3 is 6.03 Å². The minimum absolute atomic E-state index is 0.215. The van der Waals surface area contributed by atoms with Crippen LogP contribution in [-0.2, 0) is 19.4 Å². The number of rotatable bonds is 3. The highest BCUT2D eigenvalue weighted by Crippen LogP contribution is 2.40. The second-order valence-corrected chi connectivity index (χ2v) is 6.70. The standard InChI is InChI=1S/C20H22N2O3/c1-12-7-13(2)9-15(8-12)22-20(23)21-11-17-16-4-6-24-18(16)10-14-3-5-25-19(14)17/h7-10H,3-6,11H2,1-2H3,(H2,21,22,23). The normalized spacial score (nSPS) is 14.3. The SMILES string of the molecule is Cc1cc(C)cc(NC(=O)NCc2c3c(cc4c2OCC4)OCC3)c1. The monoisotopic (exact) mass is 338 g/mol. The van der Waals surface area contributed by atoms with E-state index in [-0.39, 0.29) is 6.03 Å². The summed E-state index contributed by atoms with van der Waals surface area (Å²) in [6.45, 7) is 5.86. The lowest BCUT2D eigenvalue weighted by Crippen LogP contribution is -2.28. The highest BCUT2D eigenvalue weighted by molar-refractivity contribution is 5.89. The van der Waals surface area contributed by atoms with Crippen molar-refractivity contribution in [3.63, 3.8) is 0 Å². The number of benzene rings is 2. The van der Waals surface area contributed by atoms with Crippen molar-refractivity contribution >= 4 is 11.7 Å². The average molecular weight is 338 g/mol. The van der Waals surface area contributed by atoms with Gasteiger partial charge in [0.15, 0.2) is 0 Å². The van der Waals surface area contributed by atoms with E-state index in [9.17, 15) is 4.79 Å². The summed E-state index contributed by atoms with van der Waals surface area (Å²) >= 11 is 0. The van der Waals surface area contributed by atoms with Gasteiger partial charge in [0.2, 0.25) is 0 Å². The molecule has 25 heavy (non-hydrogen) atoms. The minimum atomic E-state index is -0.215. The minimum Gasteiger partial charge on any atom is -0.493 e. The van der Waals surface area contributed by atoms with E-state index in [2.05, 4.69) is 22.8 Å². The zero-order chi connectivity index (χ0) is 17.4. The van der Waals surface area contributed by atoms with Crippen LogP contribution >= 0.6 is 0 Å². The van der Waals surface area contributed by atoms with Gasteiger partial charge in [0.05, 0.1) is 13.2 Å². The molecule has 5 nitrogen and oxygen atoms in total. The first kappa shape index (κ1) is 15.8. The van der Waals surface area contributed by atoms with Crippen molar-refractivity contribution in [1.29, 1.82) is 0 Å². The molecule has 2 aromatic carbocycles. The maximum absolute atomic E-state index is 12.3. The molecule has 0 saturated carbocycles. The van der Waals surface area contributed by atoms with E-state index in [0.717, 1.165) is 52.3 Å². The van der Waals surface area contributed by atoms with Crippen LogP contribution in [0.4, 0.5) is 10.5 Å². The van der Waals surface area contributed by atoms with Crippen molar-refractivity contribution in [3.05, 3.63) is 52.1 Å². The molecule has 0 unspecified atom stereocenters. The fourth-order valence-corrected chi connectivity index (χ4v) is 3.66. The Balaban J connectivity index is 1.49. The van der Waals surface area contributed by atoms with Crippen LogP contribution in [0.25, 0.3) is 0 Å². The maximum atomic E-state index is 12.3. The number of carbonyl (C=O) groups is 1. The first-order chi connectivity index (χ1) is 12.1. The van der Waals surface area contributed by atoms with Crippen LogP contribution < -0.4 is 20.1 Å². The fourth-order valence-electron chi connectivity index (χ4n) is 3.66. The predicted octanol–water partition coefficient (Wildman–Crippen LogP) is 3.49. The molecular weight excluding hydrogens is 316 g/mol. The fraction of sp³-hybridized carbons (Fsp3) is 0.350. The van der Waals surface area contributed by atoms with Crippen LogP contribution in [0.1, 0.15) is 27.8 Å². The summed E-state index contributed by atoms with van der Waals surface area (Å²) in [7, 11) is 0. The second kappa shape index (κ2) is 6.31. The largest absolute Gasteiger partial charge is 0.493 e. The Labute approximate surface area is 147 Å². The van der Waals surface area contributed by atoms with Gasteiger partial charge in [0, 0.05) is 41.8 Å². The summed E-state index contributed by atoms with van der Waals surface area (Å²) in [6, 6.07) is 7.87. The summed E-state index contributed by atoms with van der Waals surface area (Å²) in [5.41, 5.74) is 6.44. The van der Waals surface area contributed by atoms with Crippen LogP contribution in [0, 0.1) is 13.8 Å². The molecule has 0 spiro atoms. The van der Waals surface area contributed by atoms with E-state index in [4.69, 9.17) is 9.47 Å². The molecule has 2 amide bonds. The van der Waals surface area contributed by atoms with Crippen LogP contribution in [0.5, 0.6) is 11.5 Å². The topological polar surface area (TPSA) is 59.6 Å². The summed E-state index contributed by atoms with van der Waals surface area (Å²) < 4.78 is 11.5. The summed E-state index contributed by atoms with van der Waals surface area (Å²) in [5, 5.41) is 5.87. The highest BCUT2D eigenvalue weighted by Gasteiger charge is 2.26. The lowest BCUT2D eigenvalue weighted by atomic mass is 9.99. The maximum Gasteiger partial charge on any atom is 0.319 e. The third kappa shape index (κ3) is 3.14. The Kier molecular flexibility index (Phi) is 3.99. The van der Waals surface area contributed by atoms with Gasteiger partial charge in [0.25, 0.3) is 0 Å². The van der Waals surface area contributed by atoms with Crippen LogP contribution in [0.3, 0.4) is 0 Å². The molecule has 5 heteroatoms. The Hall–Kier alpha value is -2.69. The molecule has 2 aliphatic heterocycles. The second-order valence-electron chi connectivity index (χ2n) is 6.70. The van der Waals surface area contributed by atoms with E-state index in [0.29, 0.717) is 19.8 Å². The van der Waals surface area contributed by atoms with Gasteiger partial charge in [-0.2, -0.15) is 0 Å². The number of hydrogen-bond acceptors (Lipinski definition) is 3. The van der Waals surface area contributed by atoms with Gasteiger partial charge in [0.1, 0.15) is 11.5 Å². The number of aryl methyl sites for hydroxylation is 2. The molecule has 0 radical (unpaired) electrons. The summed E-state index contributed by atoms with van der Waals surface area (Å²) in [5.74, 6) is 1.87. The Bertz CT molecular complexity index is 793. The highest BCUT2D eigenvalue weighted by atomic mass is 16.5. The number of carbonyl (C=O) groups excluding carboxylic acids is 1. The quantitative estimate of drug-likeness (QED) is 0.900. The lowest BCUT2D eigenvalue weighted by molar-refractivity contribution is 0.251. The molecule has 0 atom stereocenters. The number of anilines is 1. The molecule has 2 heterocycles. The van der Waals surface area contributed by atoms with Crippen LogP contribution in [0.15, 0.2) is 24.3 Å². The molecule has 130 valence electrons. The number of nitrogens with one attached hydrogen (secondary N) is 2. The molecule has 2 aromatic rings. The molecule has 4 rings (SSSR count). The number of fused-ring (bicyclic) bond motifs is 2. The van der Waals surface area contributed by atoms with Crippen molar-refractivity contribution in [2.75, 3.05) is 18.5 Å². The van der Waals surface area contributed by atoms with Gasteiger partial charge < -0.3 is 20.1 Å². The van der Waals surface area contributed by atoms with Gasteiger partial charge in [-0.25, -0.2) is 4.79 Å². The van der Waals surface area contributed by atoms with Crippen LogP contribution in [0.2, 0.25) is 0 Å². The first-order valence-corrected chi connectivity index (χ1v) is 8.66. The van der Waals surface area contributed by atoms with Gasteiger partial charge in [-0.1, -0.05) is 6.07 Å². The smallest absolute Gasteiger partial charge is 0.319 e. The van der Waals surface area contributed by atoms with E-state index in [1.165, 1.54) is 5.56 Å². The van der Waals surface area contributed by atoms with Gasteiger partial charge in [-0.15, -0.1) is 0 Å². The zero-order valence-electron chi connectivity index (χ0n) is 14.6. The molecule has 2 N–H and O–H groups in total.